The number of aryl methyl sites for hydroxylation is 1. The van der Waals surface area contributed by atoms with Crippen molar-refractivity contribution < 1.29 is 0 Å². The molecule has 1 N–H and O–H groups in total. The number of nitrogens with one attached hydrogen (secondary N) is 1. The highest BCUT2D eigenvalue weighted by Crippen LogP contribution is 2.25. The number of aromatic nitrogens is 1. The molecule has 1 heterocycles. The van der Waals surface area contributed by atoms with Crippen LogP contribution < -0.4 is 10.2 Å². The smallest absolute Gasteiger partial charge is 0.0562 e. The van der Waals surface area contributed by atoms with E-state index in [9.17, 15) is 0 Å². The van der Waals surface area contributed by atoms with Crippen molar-refractivity contribution in [3.63, 3.8) is 0 Å². The molecule has 0 amide bonds. The predicted octanol–water partition coefficient (Wildman–Crippen LogP) is 3.66. The van der Waals surface area contributed by atoms with E-state index in [0.717, 1.165) is 25.3 Å². The van der Waals surface area contributed by atoms with Crippen LogP contribution in [0.5, 0.6) is 0 Å². The molecule has 20 heavy (non-hydrogen) atoms. The Hall–Kier alpha value is -1.87. The van der Waals surface area contributed by atoms with Gasteiger partial charge in [-0.3, -0.25) is 4.98 Å². The molecule has 0 bridgehead atoms. The molecule has 0 spiro atoms. The Morgan fingerprint density at radius 1 is 1.05 bits per heavy atom. The van der Waals surface area contributed by atoms with Crippen molar-refractivity contribution in [2.24, 2.45) is 0 Å². The SMILES string of the molecule is CCNCc1cc(N(CC)c2ccc(C)cc2)ccn1. The van der Waals surface area contributed by atoms with Crippen molar-refractivity contribution in [1.82, 2.24) is 10.3 Å². The molecule has 3 heteroatoms. The Morgan fingerprint density at radius 2 is 1.80 bits per heavy atom. The first-order chi connectivity index (χ1) is 9.74. The highest BCUT2D eigenvalue weighted by molar-refractivity contribution is 5.63. The molecule has 3 nitrogen and oxygen atoms in total. The number of hydrogen-bond donors (Lipinski definition) is 1. The maximum atomic E-state index is 4.41. The molecule has 0 atom stereocenters. The summed E-state index contributed by atoms with van der Waals surface area (Å²) in [6, 6.07) is 12.9. The van der Waals surface area contributed by atoms with Crippen LogP contribution in [0.1, 0.15) is 25.1 Å². The Bertz CT molecular complexity index is 534. The molecular formula is C17H23N3. The van der Waals surface area contributed by atoms with Gasteiger partial charge in [0.1, 0.15) is 0 Å². The van der Waals surface area contributed by atoms with Crippen molar-refractivity contribution in [1.29, 1.82) is 0 Å². The quantitative estimate of drug-likeness (QED) is 0.867. The maximum absolute atomic E-state index is 4.41. The molecule has 0 aliphatic carbocycles. The van der Waals surface area contributed by atoms with Crippen LogP contribution in [-0.2, 0) is 6.54 Å². The number of pyridine rings is 1. The summed E-state index contributed by atoms with van der Waals surface area (Å²) >= 11 is 0. The average molecular weight is 269 g/mol. The lowest BCUT2D eigenvalue weighted by molar-refractivity contribution is 0.710. The third kappa shape index (κ3) is 3.58. The molecule has 1 aromatic carbocycles. The van der Waals surface area contributed by atoms with Gasteiger partial charge in [-0.25, -0.2) is 0 Å². The van der Waals surface area contributed by atoms with Crippen LogP contribution >= 0.6 is 0 Å². The molecular weight excluding hydrogens is 246 g/mol. The minimum atomic E-state index is 0.815. The maximum Gasteiger partial charge on any atom is 0.0562 e. The van der Waals surface area contributed by atoms with Crippen molar-refractivity contribution in [3.05, 3.63) is 53.9 Å². The van der Waals surface area contributed by atoms with Crippen LogP contribution in [0.4, 0.5) is 11.4 Å². The van der Waals surface area contributed by atoms with Crippen LogP contribution in [-0.4, -0.2) is 18.1 Å². The van der Waals surface area contributed by atoms with Gasteiger partial charge in [0.15, 0.2) is 0 Å². The van der Waals surface area contributed by atoms with Crippen LogP contribution in [0.3, 0.4) is 0 Å². The van der Waals surface area contributed by atoms with E-state index in [2.05, 4.69) is 72.4 Å². The zero-order valence-corrected chi connectivity index (χ0v) is 12.6. The van der Waals surface area contributed by atoms with Crippen LogP contribution in [0.2, 0.25) is 0 Å². The number of anilines is 2. The normalized spacial score (nSPS) is 10.6. The van der Waals surface area contributed by atoms with Gasteiger partial charge in [-0.2, -0.15) is 0 Å². The van der Waals surface area contributed by atoms with Gasteiger partial charge in [-0.05, 0) is 44.7 Å². The number of rotatable bonds is 6. The van der Waals surface area contributed by atoms with Gasteiger partial charge in [-0.1, -0.05) is 24.6 Å². The van der Waals surface area contributed by atoms with Crippen molar-refractivity contribution in [2.45, 2.75) is 27.3 Å². The van der Waals surface area contributed by atoms with E-state index in [1.165, 1.54) is 16.9 Å². The second-order valence-electron chi connectivity index (χ2n) is 4.87. The standard InChI is InChI=1S/C17H23N3/c1-4-18-13-15-12-17(10-11-19-15)20(5-2)16-8-6-14(3)7-9-16/h6-12,18H,4-5,13H2,1-3H3. The molecule has 0 saturated heterocycles. The summed E-state index contributed by atoms with van der Waals surface area (Å²) in [5.74, 6) is 0. The summed E-state index contributed by atoms with van der Waals surface area (Å²) in [6.07, 6.45) is 1.89. The monoisotopic (exact) mass is 269 g/mol. The molecule has 0 saturated carbocycles. The molecule has 0 fully saturated rings. The zero-order valence-electron chi connectivity index (χ0n) is 12.6. The molecule has 0 unspecified atom stereocenters. The summed E-state index contributed by atoms with van der Waals surface area (Å²) < 4.78 is 0. The Morgan fingerprint density at radius 3 is 2.45 bits per heavy atom. The molecule has 106 valence electrons. The van der Waals surface area contributed by atoms with Gasteiger partial charge in [0, 0.05) is 30.7 Å². The van der Waals surface area contributed by atoms with E-state index in [1.807, 2.05) is 6.20 Å². The Kier molecular flexibility index (Phi) is 5.13. The minimum absolute atomic E-state index is 0.815. The molecule has 2 rings (SSSR count). The Labute approximate surface area is 121 Å². The highest BCUT2D eigenvalue weighted by Gasteiger charge is 2.08. The van der Waals surface area contributed by atoms with E-state index in [4.69, 9.17) is 0 Å². The van der Waals surface area contributed by atoms with E-state index in [0.29, 0.717) is 0 Å². The van der Waals surface area contributed by atoms with E-state index >= 15 is 0 Å². The summed E-state index contributed by atoms with van der Waals surface area (Å²) in [5, 5.41) is 3.31. The summed E-state index contributed by atoms with van der Waals surface area (Å²) in [5.41, 5.74) is 4.78. The topological polar surface area (TPSA) is 28.2 Å². The fraction of sp³-hybridized carbons (Fsp3) is 0.353. The van der Waals surface area contributed by atoms with E-state index < -0.39 is 0 Å². The molecule has 0 aliphatic rings. The highest BCUT2D eigenvalue weighted by atomic mass is 15.1. The largest absolute Gasteiger partial charge is 0.342 e. The molecule has 0 aliphatic heterocycles. The molecule has 2 aromatic rings. The third-order valence-corrected chi connectivity index (χ3v) is 3.33. The summed E-state index contributed by atoms with van der Waals surface area (Å²) in [4.78, 5) is 6.71. The van der Waals surface area contributed by atoms with Gasteiger partial charge in [0.2, 0.25) is 0 Å². The summed E-state index contributed by atoms with van der Waals surface area (Å²) in [6.45, 7) is 9.10. The first-order valence-electron chi connectivity index (χ1n) is 7.24. The molecule has 0 radical (unpaired) electrons. The van der Waals surface area contributed by atoms with Gasteiger partial charge < -0.3 is 10.2 Å². The number of benzene rings is 1. The lowest BCUT2D eigenvalue weighted by Gasteiger charge is -2.23. The van der Waals surface area contributed by atoms with Crippen molar-refractivity contribution >= 4 is 11.4 Å². The Balaban J connectivity index is 2.24. The van der Waals surface area contributed by atoms with E-state index in [-0.39, 0.29) is 0 Å². The molecule has 1 aromatic heterocycles. The average Bonchev–Trinajstić information content (AvgIpc) is 2.48. The van der Waals surface area contributed by atoms with Crippen LogP contribution in [0, 0.1) is 6.92 Å². The van der Waals surface area contributed by atoms with Crippen LogP contribution in [0.15, 0.2) is 42.6 Å². The van der Waals surface area contributed by atoms with Crippen molar-refractivity contribution in [2.75, 3.05) is 18.0 Å². The predicted molar refractivity (Wildman–Crippen MR) is 85.5 cm³/mol. The first-order valence-corrected chi connectivity index (χ1v) is 7.24. The third-order valence-electron chi connectivity index (χ3n) is 3.33. The van der Waals surface area contributed by atoms with Gasteiger partial charge in [0.05, 0.1) is 5.69 Å². The fourth-order valence-electron chi connectivity index (χ4n) is 2.22. The zero-order chi connectivity index (χ0) is 14.4. The number of hydrogen-bond acceptors (Lipinski definition) is 3. The van der Waals surface area contributed by atoms with E-state index in [1.54, 1.807) is 0 Å². The minimum Gasteiger partial charge on any atom is -0.342 e. The lowest BCUT2D eigenvalue weighted by atomic mass is 10.2. The summed E-state index contributed by atoms with van der Waals surface area (Å²) in [7, 11) is 0. The van der Waals surface area contributed by atoms with Gasteiger partial charge in [0.25, 0.3) is 0 Å². The first kappa shape index (κ1) is 14.5. The lowest BCUT2D eigenvalue weighted by Crippen LogP contribution is -2.17. The second-order valence-corrected chi connectivity index (χ2v) is 4.87. The van der Waals surface area contributed by atoms with Crippen LogP contribution in [0.25, 0.3) is 0 Å². The second kappa shape index (κ2) is 7.06. The van der Waals surface area contributed by atoms with Gasteiger partial charge in [-0.15, -0.1) is 0 Å². The van der Waals surface area contributed by atoms with Crippen molar-refractivity contribution in [3.8, 4) is 0 Å². The fourth-order valence-corrected chi connectivity index (χ4v) is 2.22. The van der Waals surface area contributed by atoms with Gasteiger partial charge >= 0.3 is 0 Å². The number of nitrogens with zero attached hydrogens (tertiary/aromatic N) is 2.